The lowest BCUT2D eigenvalue weighted by Gasteiger charge is -2.33. The minimum absolute atomic E-state index is 0.00973. The average molecular weight is 473 g/mol. The summed E-state index contributed by atoms with van der Waals surface area (Å²) in [5.74, 6) is -0.418. The predicted octanol–water partition coefficient (Wildman–Crippen LogP) is 1.16. The van der Waals surface area contributed by atoms with Gasteiger partial charge in [0.15, 0.2) is 0 Å². The van der Waals surface area contributed by atoms with Crippen LogP contribution in [0.25, 0.3) is 0 Å². The molecule has 1 unspecified atom stereocenters. The lowest BCUT2D eigenvalue weighted by molar-refractivity contribution is -0.119. The predicted molar refractivity (Wildman–Crippen MR) is 120 cm³/mol. The van der Waals surface area contributed by atoms with Crippen molar-refractivity contribution in [3.8, 4) is 0 Å². The number of anilines is 1. The number of hydrogen-bond donors (Lipinski definition) is 1. The highest BCUT2D eigenvalue weighted by molar-refractivity contribution is 7.89. The third kappa shape index (κ3) is 5.46. The number of carbonyl (C=O) groups excluding carboxylic acids is 1. The molecule has 1 aromatic carbocycles. The molecule has 0 saturated carbocycles. The molecule has 1 atom stereocenters. The lowest BCUT2D eigenvalue weighted by atomic mass is 10.2. The van der Waals surface area contributed by atoms with Gasteiger partial charge in [-0.1, -0.05) is 19.9 Å². The van der Waals surface area contributed by atoms with Gasteiger partial charge in [0.2, 0.25) is 26.0 Å². The molecule has 0 bridgehead atoms. The van der Waals surface area contributed by atoms with Gasteiger partial charge < -0.3 is 10.2 Å². The van der Waals surface area contributed by atoms with Crippen LogP contribution < -0.4 is 5.32 Å². The molecular formula is C20H32N4O5S2. The third-order valence-electron chi connectivity index (χ3n) is 5.84. The maximum absolute atomic E-state index is 13.0. The molecule has 0 spiro atoms. The Balaban J connectivity index is 1.72. The largest absolute Gasteiger partial charge is 0.325 e. The van der Waals surface area contributed by atoms with Crippen molar-refractivity contribution in [1.29, 1.82) is 0 Å². The topological polar surface area (TPSA) is 107 Å². The summed E-state index contributed by atoms with van der Waals surface area (Å²) in [5, 5.41) is 2.72. The monoisotopic (exact) mass is 472 g/mol. The summed E-state index contributed by atoms with van der Waals surface area (Å²) in [6, 6.07) is 5.40. The summed E-state index contributed by atoms with van der Waals surface area (Å²) >= 11 is 0. The van der Waals surface area contributed by atoms with Crippen LogP contribution in [-0.2, 0) is 24.8 Å². The molecule has 11 heteroatoms. The van der Waals surface area contributed by atoms with E-state index in [1.807, 2.05) is 0 Å². The first kappa shape index (κ1) is 24.1. The second-order valence-corrected chi connectivity index (χ2v) is 11.9. The Morgan fingerprint density at radius 1 is 1.06 bits per heavy atom. The first-order valence-electron chi connectivity index (χ1n) is 10.8. The molecule has 2 heterocycles. The molecule has 1 N–H and O–H groups in total. The van der Waals surface area contributed by atoms with E-state index in [0.29, 0.717) is 57.7 Å². The van der Waals surface area contributed by atoms with Crippen molar-refractivity contribution in [3.63, 3.8) is 0 Å². The zero-order chi connectivity index (χ0) is 22.6. The number of benzene rings is 1. The third-order valence-corrected chi connectivity index (χ3v) is 9.81. The minimum atomic E-state index is -3.66. The van der Waals surface area contributed by atoms with Gasteiger partial charge in [0, 0.05) is 38.4 Å². The first-order chi connectivity index (χ1) is 14.7. The Labute approximate surface area is 185 Å². The molecule has 1 aromatic rings. The van der Waals surface area contributed by atoms with Crippen molar-refractivity contribution < 1.29 is 21.6 Å². The Kier molecular flexibility index (Phi) is 7.74. The van der Waals surface area contributed by atoms with Gasteiger partial charge in [-0.2, -0.15) is 8.61 Å². The minimum Gasteiger partial charge on any atom is -0.325 e. The van der Waals surface area contributed by atoms with E-state index in [0.717, 1.165) is 6.54 Å². The molecule has 2 fully saturated rings. The highest BCUT2D eigenvalue weighted by Crippen LogP contribution is 2.25. The molecule has 31 heavy (non-hydrogen) atoms. The van der Waals surface area contributed by atoms with Gasteiger partial charge in [0.05, 0.1) is 10.6 Å². The SMILES string of the molecule is CCCS(=O)(=O)N1CCCC1C(=O)Nc1cccc(S(=O)(=O)N2CCN(CC)CC2)c1. The van der Waals surface area contributed by atoms with Crippen molar-refractivity contribution in [3.05, 3.63) is 24.3 Å². The van der Waals surface area contributed by atoms with Crippen LogP contribution in [0.4, 0.5) is 5.69 Å². The molecule has 174 valence electrons. The second kappa shape index (κ2) is 9.95. The zero-order valence-electron chi connectivity index (χ0n) is 18.2. The van der Waals surface area contributed by atoms with Crippen molar-refractivity contribution in [2.45, 2.75) is 44.0 Å². The summed E-state index contributed by atoms with van der Waals surface area (Å²) < 4.78 is 53.8. The number of carbonyl (C=O) groups is 1. The van der Waals surface area contributed by atoms with Crippen LogP contribution in [0.1, 0.15) is 33.1 Å². The Hall–Kier alpha value is -1.53. The van der Waals surface area contributed by atoms with E-state index < -0.39 is 32.0 Å². The zero-order valence-corrected chi connectivity index (χ0v) is 19.8. The normalized spacial score (nSPS) is 21.9. The van der Waals surface area contributed by atoms with Crippen LogP contribution in [0.5, 0.6) is 0 Å². The number of nitrogens with zero attached hydrogens (tertiary/aromatic N) is 3. The van der Waals surface area contributed by atoms with E-state index in [-0.39, 0.29) is 10.6 Å². The molecule has 9 nitrogen and oxygen atoms in total. The Bertz CT molecular complexity index is 989. The summed E-state index contributed by atoms with van der Waals surface area (Å²) in [4.78, 5) is 15.1. The molecule has 2 aliphatic heterocycles. The van der Waals surface area contributed by atoms with Gasteiger partial charge in [-0.15, -0.1) is 0 Å². The van der Waals surface area contributed by atoms with Crippen LogP contribution in [0.15, 0.2) is 29.2 Å². The van der Waals surface area contributed by atoms with E-state index >= 15 is 0 Å². The van der Waals surface area contributed by atoms with E-state index in [2.05, 4.69) is 17.1 Å². The van der Waals surface area contributed by atoms with Gasteiger partial charge in [-0.25, -0.2) is 16.8 Å². The van der Waals surface area contributed by atoms with Gasteiger partial charge in [0.25, 0.3) is 0 Å². The summed E-state index contributed by atoms with van der Waals surface area (Å²) in [7, 11) is -7.15. The van der Waals surface area contributed by atoms with Gasteiger partial charge in [-0.3, -0.25) is 4.79 Å². The van der Waals surface area contributed by atoms with E-state index in [1.165, 1.54) is 20.7 Å². The van der Waals surface area contributed by atoms with E-state index in [9.17, 15) is 21.6 Å². The molecule has 2 saturated heterocycles. The average Bonchev–Trinajstić information content (AvgIpc) is 3.25. The fourth-order valence-corrected chi connectivity index (χ4v) is 7.32. The number of piperazine rings is 1. The fourth-order valence-electron chi connectivity index (χ4n) is 4.11. The molecular weight excluding hydrogens is 440 g/mol. The Morgan fingerprint density at radius 3 is 2.42 bits per heavy atom. The van der Waals surface area contributed by atoms with Crippen LogP contribution in [0.2, 0.25) is 0 Å². The van der Waals surface area contributed by atoms with E-state index in [4.69, 9.17) is 0 Å². The maximum atomic E-state index is 13.0. The highest BCUT2D eigenvalue weighted by Gasteiger charge is 2.38. The number of sulfonamides is 2. The molecule has 3 rings (SSSR count). The molecule has 2 aliphatic rings. The molecule has 0 radical (unpaired) electrons. The van der Waals surface area contributed by atoms with Gasteiger partial charge >= 0.3 is 0 Å². The fraction of sp³-hybridized carbons (Fsp3) is 0.650. The van der Waals surface area contributed by atoms with Crippen LogP contribution in [0, 0.1) is 0 Å². The van der Waals surface area contributed by atoms with Crippen molar-refractivity contribution in [2.24, 2.45) is 0 Å². The Morgan fingerprint density at radius 2 is 1.77 bits per heavy atom. The quantitative estimate of drug-likeness (QED) is 0.608. The van der Waals surface area contributed by atoms with Crippen molar-refractivity contribution in [2.75, 3.05) is 50.3 Å². The number of likely N-dealkylation sites (N-methyl/N-ethyl adjacent to an activating group) is 1. The maximum Gasteiger partial charge on any atom is 0.243 e. The van der Waals surface area contributed by atoms with Crippen LogP contribution >= 0.6 is 0 Å². The highest BCUT2D eigenvalue weighted by atomic mass is 32.2. The molecule has 0 aromatic heterocycles. The van der Waals surface area contributed by atoms with Gasteiger partial charge in [-0.05, 0) is 44.0 Å². The first-order valence-corrected chi connectivity index (χ1v) is 13.9. The number of nitrogens with one attached hydrogen (secondary N) is 1. The number of amides is 1. The van der Waals surface area contributed by atoms with Crippen molar-refractivity contribution in [1.82, 2.24) is 13.5 Å². The van der Waals surface area contributed by atoms with Crippen LogP contribution in [-0.4, -0.2) is 87.3 Å². The second-order valence-electron chi connectivity index (χ2n) is 7.94. The van der Waals surface area contributed by atoms with Gasteiger partial charge in [0.1, 0.15) is 6.04 Å². The van der Waals surface area contributed by atoms with E-state index in [1.54, 1.807) is 19.1 Å². The van der Waals surface area contributed by atoms with Crippen molar-refractivity contribution >= 4 is 31.6 Å². The standard InChI is InChI=1S/C20H32N4O5S2/c1-3-15-30(26,27)24-10-6-9-19(24)20(25)21-17-7-5-8-18(16-17)31(28,29)23-13-11-22(4-2)12-14-23/h5,7-8,16,19H,3-4,6,9-15H2,1-2H3,(H,21,25). The smallest absolute Gasteiger partial charge is 0.243 e. The summed E-state index contributed by atoms with van der Waals surface area (Å²) in [5.41, 5.74) is 0.345. The lowest BCUT2D eigenvalue weighted by Crippen LogP contribution is -2.48. The molecule has 1 amide bonds. The number of hydrogen-bond acceptors (Lipinski definition) is 6. The molecule has 0 aliphatic carbocycles. The summed E-state index contributed by atoms with van der Waals surface area (Å²) in [6.45, 7) is 7.30. The number of rotatable bonds is 8. The summed E-state index contributed by atoms with van der Waals surface area (Å²) in [6.07, 6.45) is 1.56. The van der Waals surface area contributed by atoms with Crippen LogP contribution in [0.3, 0.4) is 0 Å².